The number of hydrogen-bond acceptors (Lipinski definition) is 3. The minimum absolute atomic E-state index is 0.0227. The normalized spacial score (nSPS) is 19.9. The molecule has 6 heteroatoms. The Bertz CT molecular complexity index is 1540. The molecular weight excluding hydrogens is 482 g/mol. The Labute approximate surface area is 219 Å². The Kier molecular flexibility index (Phi) is 6.46. The van der Waals surface area contributed by atoms with E-state index in [2.05, 4.69) is 0 Å². The first-order valence-corrected chi connectivity index (χ1v) is 12.8. The van der Waals surface area contributed by atoms with Crippen LogP contribution in [0, 0.1) is 17.6 Å². The first kappa shape index (κ1) is 24.0. The quantitative estimate of drug-likeness (QED) is 0.283. The standard InChI is InChI=1S/C32H26F2N2O2/c33-26-13-8-21(9-14-26)18-25-6-3-7-29-31(25)35-36(32(29)23-10-15-27(34)16-11-23)30(37)20-38-28-17-12-22-4-1-2-5-24(22)19-28/h1-2,4-5,8-19,29,32H,3,6-7,20H2/b25-18-/t29-,32+/m1/s1. The zero-order valence-corrected chi connectivity index (χ0v) is 20.7. The molecule has 6 rings (SSSR count). The molecule has 0 radical (unpaired) electrons. The van der Waals surface area contributed by atoms with Gasteiger partial charge in [0.1, 0.15) is 17.4 Å². The zero-order chi connectivity index (χ0) is 26.1. The molecule has 1 fully saturated rings. The van der Waals surface area contributed by atoms with Crippen LogP contribution in [0.3, 0.4) is 0 Å². The number of carbonyl (C=O) groups excluding carboxylic acids is 1. The van der Waals surface area contributed by atoms with Crippen LogP contribution >= 0.6 is 0 Å². The molecule has 0 spiro atoms. The van der Waals surface area contributed by atoms with Gasteiger partial charge in [-0.15, -0.1) is 0 Å². The van der Waals surface area contributed by atoms with E-state index in [1.54, 1.807) is 24.3 Å². The molecule has 0 N–H and O–H groups in total. The van der Waals surface area contributed by atoms with Crippen molar-refractivity contribution in [3.63, 3.8) is 0 Å². The van der Waals surface area contributed by atoms with Crippen molar-refractivity contribution in [3.8, 4) is 5.75 Å². The van der Waals surface area contributed by atoms with Gasteiger partial charge in [0.05, 0.1) is 11.8 Å². The van der Waals surface area contributed by atoms with E-state index in [4.69, 9.17) is 9.84 Å². The van der Waals surface area contributed by atoms with Gasteiger partial charge in [-0.1, -0.05) is 54.6 Å². The van der Waals surface area contributed by atoms with E-state index in [1.807, 2.05) is 48.5 Å². The van der Waals surface area contributed by atoms with Crippen molar-refractivity contribution < 1.29 is 18.3 Å². The summed E-state index contributed by atoms with van der Waals surface area (Å²) in [4.78, 5) is 13.5. The molecule has 1 heterocycles. The van der Waals surface area contributed by atoms with Gasteiger partial charge in [-0.25, -0.2) is 13.8 Å². The summed E-state index contributed by atoms with van der Waals surface area (Å²) >= 11 is 0. The van der Waals surface area contributed by atoms with Crippen LogP contribution in [-0.4, -0.2) is 23.2 Å². The van der Waals surface area contributed by atoms with Gasteiger partial charge in [0.25, 0.3) is 5.91 Å². The van der Waals surface area contributed by atoms with Gasteiger partial charge < -0.3 is 4.74 Å². The summed E-state index contributed by atoms with van der Waals surface area (Å²) in [6, 6.07) is 26.0. The van der Waals surface area contributed by atoms with Crippen LogP contribution < -0.4 is 4.74 Å². The molecule has 2 atom stereocenters. The van der Waals surface area contributed by atoms with E-state index in [0.717, 1.165) is 52.4 Å². The number of hydrogen-bond donors (Lipinski definition) is 0. The minimum Gasteiger partial charge on any atom is -0.484 e. The SMILES string of the molecule is O=C(COc1ccc2ccccc2c1)N1N=C2/C(=C\c3ccc(F)cc3)CCC[C@H]2[C@@H]1c1ccc(F)cc1. The molecule has 0 bridgehead atoms. The van der Waals surface area contributed by atoms with Crippen LogP contribution in [0.25, 0.3) is 16.8 Å². The summed E-state index contributed by atoms with van der Waals surface area (Å²) in [6.45, 7) is -0.170. The highest BCUT2D eigenvalue weighted by atomic mass is 19.1. The Hall–Kier alpha value is -4.32. The van der Waals surface area contributed by atoms with Gasteiger partial charge in [0, 0.05) is 5.92 Å². The van der Waals surface area contributed by atoms with Crippen LogP contribution in [0.1, 0.15) is 36.4 Å². The summed E-state index contributed by atoms with van der Waals surface area (Å²) in [5, 5.41) is 8.47. The average Bonchev–Trinajstić information content (AvgIpc) is 3.34. The second-order valence-electron chi connectivity index (χ2n) is 9.74. The zero-order valence-electron chi connectivity index (χ0n) is 20.7. The van der Waals surface area contributed by atoms with Crippen molar-refractivity contribution in [3.05, 3.63) is 119 Å². The molecule has 1 aliphatic carbocycles. The molecule has 0 aromatic heterocycles. The van der Waals surface area contributed by atoms with Gasteiger partial charge in [-0.05, 0) is 89.2 Å². The van der Waals surface area contributed by atoms with Crippen molar-refractivity contribution in [1.82, 2.24) is 5.01 Å². The number of allylic oxidation sites excluding steroid dienone is 1. The first-order valence-electron chi connectivity index (χ1n) is 12.8. The van der Waals surface area contributed by atoms with Crippen molar-refractivity contribution in [2.75, 3.05) is 6.61 Å². The third-order valence-electron chi connectivity index (χ3n) is 7.26. The summed E-state index contributed by atoms with van der Waals surface area (Å²) < 4.78 is 33.1. The minimum atomic E-state index is -0.352. The molecule has 190 valence electrons. The van der Waals surface area contributed by atoms with Crippen molar-refractivity contribution >= 4 is 28.5 Å². The van der Waals surface area contributed by atoms with Crippen LogP contribution in [0.2, 0.25) is 0 Å². The molecule has 4 nitrogen and oxygen atoms in total. The predicted octanol–water partition coefficient (Wildman–Crippen LogP) is 7.32. The summed E-state index contributed by atoms with van der Waals surface area (Å²) in [5.74, 6) is -0.296. The topological polar surface area (TPSA) is 41.9 Å². The third kappa shape index (κ3) is 4.82. The smallest absolute Gasteiger partial charge is 0.281 e. The second-order valence-corrected chi connectivity index (χ2v) is 9.74. The lowest BCUT2D eigenvalue weighted by Crippen LogP contribution is -2.34. The fourth-order valence-corrected chi connectivity index (χ4v) is 5.43. The highest BCUT2D eigenvalue weighted by Crippen LogP contribution is 2.44. The number of halogens is 2. The van der Waals surface area contributed by atoms with Gasteiger partial charge in [-0.3, -0.25) is 4.79 Å². The van der Waals surface area contributed by atoms with Crippen LogP contribution in [0.5, 0.6) is 5.75 Å². The van der Waals surface area contributed by atoms with Crippen molar-refractivity contribution in [1.29, 1.82) is 0 Å². The van der Waals surface area contributed by atoms with E-state index in [9.17, 15) is 13.6 Å². The lowest BCUT2D eigenvalue weighted by molar-refractivity contribution is -0.135. The largest absolute Gasteiger partial charge is 0.484 e. The van der Waals surface area contributed by atoms with Crippen LogP contribution in [0.15, 0.2) is 102 Å². The molecule has 2 aliphatic rings. The Morgan fingerprint density at radius 3 is 2.39 bits per heavy atom. The number of amides is 1. The van der Waals surface area contributed by atoms with Gasteiger partial charge >= 0.3 is 0 Å². The summed E-state index contributed by atoms with van der Waals surface area (Å²) in [6.07, 6.45) is 4.63. The number of ether oxygens (including phenoxy) is 1. The monoisotopic (exact) mass is 508 g/mol. The number of fused-ring (bicyclic) bond motifs is 2. The molecule has 1 amide bonds. The van der Waals surface area contributed by atoms with E-state index >= 15 is 0 Å². The first-order chi connectivity index (χ1) is 18.5. The fraction of sp³-hybridized carbons (Fsp3) is 0.188. The summed E-state index contributed by atoms with van der Waals surface area (Å²) in [5.41, 5.74) is 3.60. The number of rotatable bonds is 5. The van der Waals surface area contributed by atoms with Crippen LogP contribution in [-0.2, 0) is 4.79 Å². The van der Waals surface area contributed by atoms with Gasteiger partial charge in [-0.2, -0.15) is 5.10 Å². The summed E-state index contributed by atoms with van der Waals surface area (Å²) in [7, 11) is 0. The Morgan fingerprint density at radius 1 is 0.921 bits per heavy atom. The lowest BCUT2D eigenvalue weighted by Gasteiger charge is -2.29. The molecule has 38 heavy (non-hydrogen) atoms. The highest BCUT2D eigenvalue weighted by molar-refractivity contribution is 6.08. The van der Waals surface area contributed by atoms with E-state index in [1.165, 1.54) is 29.3 Å². The van der Waals surface area contributed by atoms with Crippen LogP contribution in [0.4, 0.5) is 8.78 Å². The maximum atomic E-state index is 13.7. The molecule has 1 aliphatic heterocycles. The Morgan fingerprint density at radius 2 is 1.63 bits per heavy atom. The third-order valence-corrected chi connectivity index (χ3v) is 7.26. The van der Waals surface area contributed by atoms with E-state index in [-0.39, 0.29) is 36.1 Å². The molecular formula is C32H26F2N2O2. The van der Waals surface area contributed by atoms with Crippen molar-refractivity contribution in [2.45, 2.75) is 25.3 Å². The average molecular weight is 509 g/mol. The van der Waals surface area contributed by atoms with E-state index < -0.39 is 0 Å². The number of benzene rings is 4. The molecule has 0 unspecified atom stereocenters. The van der Waals surface area contributed by atoms with E-state index in [0.29, 0.717) is 5.75 Å². The van der Waals surface area contributed by atoms with Gasteiger partial charge in [0.15, 0.2) is 6.61 Å². The van der Waals surface area contributed by atoms with Crippen molar-refractivity contribution in [2.24, 2.45) is 11.0 Å². The second kappa shape index (κ2) is 10.2. The molecule has 4 aromatic rings. The molecule has 4 aromatic carbocycles. The predicted molar refractivity (Wildman–Crippen MR) is 145 cm³/mol. The number of nitrogens with zero attached hydrogens (tertiary/aromatic N) is 2. The Balaban J connectivity index is 1.30. The number of hydrazone groups is 1. The fourth-order valence-electron chi connectivity index (χ4n) is 5.43. The number of carbonyl (C=O) groups is 1. The molecule has 1 saturated carbocycles. The molecule has 0 saturated heterocycles. The maximum Gasteiger partial charge on any atom is 0.281 e. The maximum absolute atomic E-state index is 13.7. The lowest BCUT2D eigenvalue weighted by atomic mass is 9.77. The van der Waals surface area contributed by atoms with Gasteiger partial charge in [0.2, 0.25) is 0 Å². The highest BCUT2D eigenvalue weighted by Gasteiger charge is 2.43.